The summed E-state index contributed by atoms with van der Waals surface area (Å²) in [5.41, 5.74) is 2.40. The molecule has 0 atom stereocenters. The van der Waals surface area contributed by atoms with Gasteiger partial charge in [0.25, 0.3) is 0 Å². The number of hydrogen-bond donors (Lipinski definition) is 0. The van der Waals surface area contributed by atoms with Crippen molar-refractivity contribution in [2.24, 2.45) is 0 Å². The Balaban J connectivity index is -0.00000361. The first kappa shape index (κ1) is 44.6. The Labute approximate surface area is 276 Å². The molecule has 2 rings (SSSR count). The third-order valence-corrected chi connectivity index (χ3v) is 7.08. The number of halogens is 2. The highest BCUT2D eigenvalue weighted by atomic mass is 79.9. The number of nitrogens with zero attached hydrogens (tertiary/aromatic N) is 2. The smallest absolute Gasteiger partial charge is 0.174 e. The summed E-state index contributed by atoms with van der Waals surface area (Å²) < 4.78 is 16.2. The zero-order valence-corrected chi connectivity index (χ0v) is 28.1. The fraction of sp³-hybridized carbons (Fsp3) is 0.714. The van der Waals surface area contributed by atoms with Crippen LogP contribution in [0.25, 0.3) is 0 Å². The van der Waals surface area contributed by atoms with E-state index in [-0.39, 0.29) is 48.8 Å². The highest BCUT2D eigenvalue weighted by molar-refractivity contribution is 5.04. The largest absolute Gasteiger partial charge is 1.00 e. The molecule has 0 N–H and O–H groups in total. The van der Waals surface area contributed by atoms with Crippen molar-refractivity contribution in [2.75, 3.05) is 6.79 Å². The lowest BCUT2D eigenvalue weighted by atomic mass is 10.1. The quantitative estimate of drug-likeness (QED) is 0.0951. The maximum Gasteiger partial charge on any atom is 0.174 e. The average molecular weight is 705 g/mol. The molecule has 240 valence electrons. The third-order valence-electron chi connectivity index (χ3n) is 7.08. The molecule has 0 bridgehead atoms. The van der Waals surface area contributed by atoms with Gasteiger partial charge in [-0.3, -0.25) is 0 Å². The molecule has 6 heteroatoms. The third kappa shape index (κ3) is 24.3. The van der Waals surface area contributed by atoms with Crippen LogP contribution in [-0.4, -0.2) is 6.79 Å². The van der Waals surface area contributed by atoms with Crippen LogP contribution >= 0.6 is 0 Å². The zero-order chi connectivity index (χ0) is 26.2. The van der Waals surface area contributed by atoms with Gasteiger partial charge in [-0.15, -0.1) is 0 Å². The molecule has 0 saturated carbocycles. The summed E-state index contributed by atoms with van der Waals surface area (Å²) >= 11 is 0. The molecular formula is C35H64Br2N2O2. The minimum atomic E-state index is 0. The van der Waals surface area contributed by atoms with E-state index in [0.717, 1.165) is 13.1 Å². The molecule has 2 aromatic heterocycles. The zero-order valence-electron chi connectivity index (χ0n) is 24.9. The Morgan fingerprint density at radius 3 is 1.22 bits per heavy atom. The lowest BCUT2D eigenvalue weighted by Gasteiger charge is -2.06. The summed E-state index contributed by atoms with van der Waals surface area (Å²) in [5.74, 6) is 0. The minimum Gasteiger partial charge on any atom is -1.00 e. The van der Waals surface area contributed by atoms with E-state index in [1.54, 1.807) is 0 Å². The molecule has 0 aliphatic carbocycles. The maximum absolute atomic E-state index is 5.80. The van der Waals surface area contributed by atoms with E-state index in [0.29, 0.717) is 20.0 Å². The summed E-state index contributed by atoms with van der Waals surface area (Å²) in [6, 6.07) is 8.52. The van der Waals surface area contributed by atoms with E-state index in [2.05, 4.69) is 72.0 Å². The Kier molecular flexibility index (Phi) is 34.9. The van der Waals surface area contributed by atoms with Crippen molar-refractivity contribution in [3.63, 3.8) is 0 Å². The Bertz CT molecular complexity index is 742. The van der Waals surface area contributed by atoms with Gasteiger partial charge in [-0.2, -0.15) is 0 Å². The van der Waals surface area contributed by atoms with Crippen LogP contribution in [0.5, 0.6) is 0 Å². The molecule has 0 fully saturated rings. The number of ether oxygens (including phenoxy) is 2. The summed E-state index contributed by atoms with van der Waals surface area (Å²) in [4.78, 5) is 0. The van der Waals surface area contributed by atoms with Gasteiger partial charge in [0.15, 0.2) is 24.8 Å². The van der Waals surface area contributed by atoms with Gasteiger partial charge in [0.2, 0.25) is 0 Å². The molecule has 4 nitrogen and oxygen atoms in total. The lowest BCUT2D eigenvalue weighted by Crippen LogP contribution is -3.00. The number of pyridine rings is 2. The molecule has 0 unspecified atom stereocenters. The normalized spacial score (nSPS) is 10.2. The van der Waals surface area contributed by atoms with Crippen molar-refractivity contribution < 1.29 is 52.6 Å². The first-order chi connectivity index (χ1) is 18.3. The van der Waals surface area contributed by atoms with Crippen molar-refractivity contribution in [1.82, 2.24) is 0 Å². The van der Waals surface area contributed by atoms with Crippen LogP contribution in [0.4, 0.5) is 0 Å². The van der Waals surface area contributed by atoms with E-state index in [1.807, 2.05) is 0 Å². The SMILES string of the molecule is C.C.CCCCCCCCCC[n+]1cccc(COCOCc2ccc[n+](CCCCCCCCCC)c2)c1.[Br-].[Br-]. The second-order valence-electron chi connectivity index (χ2n) is 10.7. The molecule has 0 aliphatic rings. The molecule has 0 radical (unpaired) electrons. The predicted octanol–water partition coefficient (Wildman–Crippen LogP) is 3.51. The van der Waals surface area contributed by atoms with Gasteiger partial charge in [-0.05, 0) is 25.0 Å². The monoisotopic (exact) mass is 702 g/mol. The van der Waals surface area contributed by atoms with E-state index in [1.165, 1.54) is 114 Å². The predicted molar refractivity (Wildman–Crippen MR) is 166 cm³/mol. The van der Waals surface area contributed by atoms with Gasteiger partial charge in [0.05, 0.1) is 13.2 Å². The fourth-order valence-electron chi connectivity index (χ4n) is 4.84. The number of hydrogen-bond acceptors (Lipinski definition) is 2. The van der Waals surface area contributed by atoms with Crippen LogP contribution in [0.1, 0.15) is 143 Å². The summed E-state index contributed by atoms with van der Waals surface area (Å²) in [7, 11) is 0. The fourth-order valence-corrected chi connectivity index (χ4v) is 4.84. The highest BCUT2D eigenvalue weighted by Gasteiger charge is 2.05. The Hall–Kier alpha value is -0.820. The topological polar surface area (TPSA) is 26.2 Å². The second kappa shape index (κ2) is 32.1. The molecule has 0 aromatic carbocycles. The molecule has 0 amide bonds. The van der Waals surface area contributed by atoms with Gasteiger partial charge in [0.1, 0.15) is 19.9 Å². The van der Waals surface area contributed by atoms with E-state index >= 15 is 0 Å². The lowest BCUT2D eigenvalue weighted by molar-refractivity contribution is -0.698. The summed E-state index contributed by atoms with van der Waals surface area (Å²) in [6.07, 6.45) is 30.5. The Morgan fingerprint density at radius 1 is 0.512 bits per heavy atom. The van der Waals surface area contributed by atoms with Crippen LogP contribution in [0, 0.1) is 0 Å². The van der Waals surface area contributed by atoms with Crippen molar-refractivity contribution in [1.29, 1.82) is 0 Å². The average Bonchev–Trinajstić information content (AvgIpc) is 2.92. The molecule has 0 aliphatic heterocycles. The van der Waals surface area contributed by atoms with Crippen LogP contribution in [-0.2, 0) is 35.8 Å². The number of aryl methyl sites for hydroxylation is 2. The van der Waals surface area contributed by atoms with Crippen molar-refractivity contribution in [3.8, 4) is 0 Å². The summed E-state index contributed by atoms with van der Waals surface area (Å²) in [6.45, 7) is 8.23. The van der Waals surface area contributed by atoms with Gasteiger partial charge in [-0.25, -0.2) is 9.13 Å². The van der Waals surface area contributed by atoms with Crippen molar-refractivity contribution in [3.05, 3.63) is 60.2 Å². The van der Waals surface area contributed by atoms with Crippen LogP contribution in [0.15, 0.2) is 49.1 Å². The van der Waals surface area contributed by atoms with Crippen LogP contribution < -0.4 is 43.1 Å². The first-order valence-corrected chi connectivity index (χ1v) is 15.4. The molecular weight excluding hydrogens is 640 g/mol. The van der Waals surface area contributed by atoms with Gasteiger partial charge in [-0.1, -0.05) is 106 Å². The molecule has 2 aromatic rings. The number of unbranched alkanes of at least 4 members (excludes halogenated alkanes) is 14. The van der Waals surface area contributed by atoms with Crippen molar-refractivity contribution in [2.45, 2.75) is 158 Å². The van der Waals surface area contributed by atoms with Gasteiger partial charge >= 0.3 is 0 Å². The first-order valence-electron chi connectivity index (χ1n) is 15.4. The molecule has 0 spiro atoms. The van der Waals surface area contributed by atoms with Crippen LogP contribution in [0.3, 0.4) is 0 Å². The standard InChI is InChI=1S/C33H56N2O2.2CH4.2BrH/c1-3-5-7-9-11-13-15-17-23-34-25-19-21-32(27-34)29-36-31-37-30-33-22-20-26-35(28-33)24-18-16-14-12-10-8-6-4-2;;;;/h19-22,25-28H,3-18,23-24,29-31H2,1-2H3;2*1H4;2*1H/q+2;;;;/p-2. The van der Waals surface area contributed by atoms with Crippen molar-refractivity contribution >= 4 is 0 Å². The highest BCUT2D eigenvalue weighted by Crippen LogP contribution is 2.09. The van der Waals surface area contributed by atoms with Gasteiger partial charge in [0, 0.05) is 36.1 Å². The maximum atomic E-state index is 5.80. The molecule has 2 heterocycles. The molecule has 41 heavy (non-hydrogen) atoms. The number of rotatable bonds is 24. The number of aromatic nitrogens is 2. The van der Waals surface area contributed by atoms with E-state index < -0.39 is 0 Å². The van der Waals surface area contributed by atoms with Crippen LogP contribution in [0.2, 0.25) is 0 Å². The minimum absolute atomic E-state index is 0. The van der Waals surface area contributed by atoms with E-state index in [9.17, 15) is 0 Å². The van der Waals surface area contributed by atoms with Gasteiger partial charge < -0.3 is 43.4 Å². The Morgan fingerprint density at radius 2 is 0.854 bits per heavy atom. The van der Waals surface area contributed by atoms with E-state index in [4.69, 9.17) is 9.47 Å². The summed E-state index contributed by atoms with van der Waals surface area (Å²) in [5, 5.41) is 0. The second-order valence-corrected chi connectivity index (χ2v) is 10.7. The molecule has 0 saturated heterocycles.